The van der Waals surface area contributed by atoms with Gasteiger partial charge < -0.3 is 10.0 Å². The fourth-order valence-corrected chi connectivity index (χ4v) is 12.0. The topological polar surface area (TPSA) is 261 Å². The summed E-state index contributed by atoms with van der Waals surface area (Å²) in [7, 11) is -17.9. The molecule has 3 aromatic rings. The van der Waals surface area contributed by atoms with E-state index in [1.807, 2.05) is 9.48 Å². The number of benzene rings is 3. The second-order valence-electron chi connectivity index (χ2n) is 19.2. The lowest BCUT2D eigenvalue weighted by atomic mass is 9.79. The molecule has 2 heterocycles. The van der Waals surface area contributed by atoms with Gasteiger partial charge in [0, 0.05) is 65.5 Å². The third kappa shape index (κ3) is 12.8. The van der Waals surface area contributed by atoms with Crippen LogP contribution in [0.15, 0.2) is 93.4 Å². The van der Waals surface area contributed by atoms with E-state index >= 15 is 13.2 Å². The van der Waals surface area contributed by atoms with Crippen LogP contribution in [0.2, 0.25) is 0 Å². The average Bonchev–Trinajstić information content (AvgIpc) is 3.60. The Morgan fingerprint density at radius 2 is 1.32 bits per heavy atom. The predicted octanol–water partition coefficient (Wildman–Crippen LogP) is 8.91. The van der Waals surface area contributed by atoms with Crippen LogP contribution in [0.3, 0.4) is 0 Å². The first-order valence-corrected chi connectivity index (χ1v) is 29.2. The number of carboxylic acids is 1. The fraction of sp³-hybridized carbons (Fsp3) is 0.429. The van der Waals surface area contributed by atoms with Crippen molar-refractivity contribution in [1.82, 2.24) is 0 Å². The second kappa shape index (κ2) is 21.5. The van der Waals surface area contributed by atoms with Crippen LogP contribution in [0.4, 0.5) is 24.5 Å². The summed E-state index contributed by atoms with van der Waals surface area (Å²) in [6.07, 6.45) is 7.79. The molecule has 3 aliphatic rings. The van der Waals surface area contributed by atoms with Crippen molar-refractivity contribution in [2.75, 3.05) is 29.5 Å². The number of unbranched alkanes of at least 4 members (excludes halogenated alkanes) is 3. The first-order valence-electron chi connectivity index (χ1n) is 23.1. The molecule has 2 aliphatic heterocycles. The van der Waals surface area contributed by atoms with Gasteiger partial charge in [-0.15, -0.1) is 0 Å². The summed E-state index contributed by atoms with van der Waals surface area (Å²) >= 11 is 0. The lowest BCUT2D eigenvalue weighted by molar-refractivity contribution is -0.438. The van der Waals surface area contributed by atoms with Gasteiger partial charge in [-0.05, 0) is 130 Å². The third-order valence-electron chi connectivity index (χ3n) is 13.4. The maximum Gasteiger partial charge on any atom is 0.303 e. The van der Waals surface area contributed by atoms with Gasteiger partial charge in [-0.25, -0.2) is 13.2 Å². The number of halogens is 3. The molecule has 0 unspecified atom stereocenters. The first-order chi connectivity index (χ1) is 33.3. The molecular formula is C49H58F3N2O14S4+. The molecule has 0 radical (unpaired) electrons. The Morgan fingerprint density at radius 1 is 0.708 bits per heavy atom. The maximum absolute atomic E-state index is 17.1. The summed E-state index contributed by atoms with van der Waals surface area (Å²) in [5.74, 6) is -5.75. The number of hydrogen-bond acceptors (Lipinski definition) is 10. The molecule has 0 atom stereocenters. The highest BCUT2D eigenvalue weighted by Gasteiger charge is 2.45. The van der Waals surface area contributed by atoms with Crippen LogP contribution in [0.25, 0.3) is 5.57 Å². The quantitative estimate of drug-likeness (QED) is 0.0379. The number of rotatable bonds is 21. The van der Waals surface area contributed by atoms with E-state index in [4.69, 9.17) is 0 Å². The summed E-state index contributed by atoms with van der Waals surface area (Å²) in [5, 5.41) is 9.18. The highest BCUT2D eigenvalue weighted by atomic mass is 32.2. The molecule has 23 heteroatoms. The number of nitrogens with zero attached hydrogens (tertiary/aromatic N) is 2. The minimum absolute atomic E-state index is 0.0531. The van der Waals surface area contributed by atoms with Crippen molar-refractivity contribution in [3.63, 3.8) is 0 Å². The number of fused-ring (bicyclic) bond motifs is 2. The molecular weight excluding hydrogens is 1030 g/mol. The Kier molecular flexibility index (Phi) is 16.8. The first kappa shape index (κ1) is 56.3. The zero-order valence-electron chi connectivity index (χ0n) is 40.0. The van der Waals surface area contributed by atoms with Gasteiger partial charge in [0.25, 0.3) is 40.5 Å². The zero-order chi connectivity index (χ0) is 53.4. The zero-order valence-corrected chi connectivity index (χ0v) is 43.3. The Balaban J connectivity index is 1.57. The molecule has 0 saturated heterocycles. The van der Waals surface area contributed by atoms with E-state index in [-0.39, 0.29) is 92.7 Å². The van der Waals surface area contributed by atoms with Gasteiger partial charge in [0.2, 0.25) is 5.69 Å². The Labute approximate surface area is 418 Å². The number of anilines is 1. The van der Waals surface area contributed by atoms with Crippen LogP contribution in [0, 0.1) is 17.5 Å². The number of carboxylic acid groups (broad SMARTS) is 1. The highest BCUT2D eigenvalue weighted by Crippen LogP contribution is 2.50. The molecule has 6 rings (SSSR count). The summed E-state index contributed by atoms with van der Waals surface area (Å²) in [6, 6.07) is 8.64. The van der Waals surface area contributed by atoms with Crippen molar-refractivity contribution < 1.29 is 79.5 Å². The van der Waals surface area contributed by atoms with E-state index in [0.717, 1.165) is 0 Å². The molecule has 5 N–H and O–H groups in total. The second-order valence-corrected chi connectivity index (χ2v) is 25.2. The standard InChI is InChI=1S/C49H57F3N2O14S4/c1-48(2)36-28-33(71(63,64)65)18-20-40(36)53(24-7-9-26-69(57,58)59)42(48)22-16-31-12-11-13-32(45(31)46-39(51)30-38(50)35(47(46)52)14-5-6-15-44(55)56)17-23-43-49(3,4)37-29-34(72(66,67)68)19-21-41(37)54(43)25-8-10-27-70(60,61)62/h16-23,28-30H,5-15,24-27H2,1-4H3,(H4-,55,56,57,58,59,60,61,62,63,64,65,66,67,68)/p+1. The van der Waals surface area contributed by atoms with Gasteiger partial charge in [-0.3, -0.25) is 23.0 Å². The summed E-state index contributed by atoms with van der Waals surface area (Å²) in [4.78, 5) is 12.3. The number of hydrogen-bond donors (Lipinski definition) is 5. The molecule has 0 bridgehead atoms. The fourth-order valence-electron chi connectivity index (χ4n) is 9.83. The number of aliphatic carboxylic acids is 1. The SMILES string of the molecule is CC1(C)C(=CC=C2CCCC(C=CC3=[N+](CCCCS(=O)(=O)O)c4ccc(S(=O)(=O)O)cc4C3(C)C)=C2c2c(F)cc(F)c(CCCCC(=O)O)c2F)N(CCCCS(=O)(=O)O)c2ccc(S(=O)(=O)O)cc21. The Morgan fingerprint density at radius 3 is 1.93 bits per heavy atom. The van der Waals surface area contributed by atoms with Crippen molar-refractivity contribution in [3.05, 3.63) is 123 Å². The highest BCUT2D eigenvalue weighted by molar-refractivity contribution is 7.86. The molecule has 0 spiro atoms. The lowest BCUT2D eigenvalue weighted by Gasteiger charge is -2.28. The molecule has 392 valence electrons. The van der Waals surface area contributed by atoms with E-state index in [0.29, 0.717) is 57.5 Å². The van der Waals surface area contributed by atoms with Gasteiger partial charge in [0.05, 0.1) is 32.3 Å². The average molecular weight is 1080 g/mol. The molecule has 3 aromatic carbocycles. The minimum atomic E-state index is -4.65. The number of allylic oxidation sites excluding steroid dienone is 8. The monoisotopic (exact) mass is 1080 g/mol. The van der Waals surface area contributed by atoms with Crippen LogP contribution < -0.4 is 4.90 Å². The van der Waals surface area contributed by atoms with E-state index in [2.05, 4.69) is 0 Å². The summed E-state index contributed by atoms with van der Waals surface area (Å²) in [5.41, 5.74) is 0.925. The van der Waals surface area contributed by atoms with Gasteiger partial charge in [-0.2, -0.15) is 38.2 Å². The summed E-state index contributed by atoms with van der Waals surface area (Å²) in [6.45, 7) is 7.49. The minimum Gasteiger partial charge on any atom is -0.481 e. The molecule has 0 amide bonds. The van der Waals surface area contributed by atoms with Gasteiger partial charge in [0.15, 0.2) is 5.71 Å². The molecule has 0 aromatic heterocycles. The Hall–Kier alpha value is -5.01. The van der Waals surface area contributed by atoms with Gasteiger partial charge in [0.1, 0.15) is 24.0 Å². The van der Waals surface area contributed by atoms with Crippen LogP contribution in [-0.2, 0) is 62.5 Å². The maximum atomic E-state index is 17.1. The van der Waals surface area contributed by atoms with Crippen LogP contribution in [0.5, 0.6) is 0 Å². The molecule has 72 heavy (non-hydrogen) atoms. The van der Waals surface area contributed by atoms with Crippen molar-refractivity contribution in [3.8, 4) is 0 Å². The van der Waals surface area contributed by atoms with Gasteiger partial charge in [-0.1, -0.05) is 26.0 Å². The van der Waals surface area contributed by atoms with Crippen LogP contribution in [-0.4, -0.2) is 97.8 Å². The third-order valence-corrected chi connectivity index (χ3v) is 16.7. The predicted molar refractivity (Wildman–Crippen MR) is 265 cm³/mol. The van der Waals surface area contributed by atoms with E-state index < -0.39 is 97.4 Å². The lowest BCUT2D eigenvalue weighted by Crippen LogP contribution is -2.28. The molecule has 16 nitrogen and oxygen atoms in total. The Bertz CT molecular complexity index is 3310. The molecule has 0 fully saturated rings. The van der Waals surface area contributed by atoms with E-state index in [1.165, 1.54) is 36.4 Å². The molecule has 1 aliphatic carbocycles. The van der Waals surface area contributed by atoms with Crippen molar-refractivity contribution in [2.45, 2.75) is 119 Å². The smallest absolute Gasteiger partial charge is 0.303 e. The van der Waals surface area contributed by atoms with Crippen molar-refractivity contribution in [2.24, 2.45) is 0 Å². The molecule has 0 saturated carbocycles. The van der Waals surface area contributed by atoms with E-state index in [1.54, 1.807) is 52.0 Å². The van der Waals surface area contributed by atoms with Crippen molar-refractivity contribution in [1.29, 1.82) is 0 Å². The van der Waals surface area contributed by atoms with Crippen LogP contribution >= 0.6 is 0 Å². The van der Waals surface area contributed by atoms with E-state index in [9.17, 15) is 61.8 Å². The summed E-state index contributed by atoms with van der Waals surface area (Å²) < 4.78 is 185. The van der Waals surface area contributed by atoms with Crippen LogP contribution in [0.1, 0.15) is 114 Å². The number of carbonyl (C=O) groups is 1. The van der Waals surface area contributed by atoms with Gasteiger partial charge >= 0.3 is 5.97 Å². The largest absolute Gasteiger partial charge is 0.481 e. The van der Waals surface area contributed by atoms with Crippen molar-refractivity contribution >= 4 is 69.1 Å². The normalized spacial score (nSPS) is 18.2.